The molecule has 1 nitrogen and oxygen atoms in total. The Balaban J connectivity index is 1.85. The van der Waals surface area contributed by atoms with E-state index in [0.717, 1.165) is 5.56 Å². The van der Waals surface area contributed by atoms with Crippen LogP contribution in [0.4, 0.5) is 0 Å². The van der Waals surface area contributed by atoms with Gasteiger partial charge in [-0.05, 0) is 24.6 Å². The molecule has 2 aromatic rings. The lowest BCUT2D eigenvalue weighted by Crippen LogP contribution is -1.99. The maximum atomic E-state index is 5.68. The molecule has 0 radical (unpaired) electrons. The minimum atomic E-state index is 0.0799. The van der Waals surface area contributed by atoms with Gasteiger partial charge in [0.1, 0.15) is 6.61 Å². The molecule has 0 aliphatic carbocycles. The number of hydrogen-bond acceptors (Lipinski definition) is 1. The summed E-state index contributed by atoms with van der Waals surface area (Å²) in [4.78, 5) is 0. The van der Waals surface area contributed by atoms with Crippen molar-refractivity contribution in [2.24, 2.45) is 0 Å². The number of hydrogen-bond donors (Lipinski definition) is 0. The van der Waals surface area contributed by atoms with E-state index in [1.165, 1.54) is 5.56 Å². The topological polar surface area (TPSA) is 9.23 Å². The largest absolute Gasteiger partial charge is 0.361 e. The van der Waals surface area contributed by atoms with Gasteiger partial charge in [0.25, 0.3) is 0 Å². The van der Waals surface area contributed by atoms with Crippen LogP contribution in [-0.4, -0.2) is 6.61 Å². The SMILES string of the molecule is CC(OCC#Cc1ccccc1)c1ccccc1. The first-order valence-corrected chi connectivity index (χ1v) is 6.07. The first kappa shape index (κ1) is 12.4. The predicted molar refractivity (Wildman–Crippen MR) is 74.1 cm³/mol. The molecule has 0 spiro atoms. The summed E-state index contributed by atoms with van der Waals surface area (Å²) in [6.07, 6.45) is 0.0799. The zero-order chi connectivity index (χ0) is 12.6. The summed E-state index contributed by atoms with van der Waals surface area (Å²) in [6, 6.07) is 20.1. The lowest BCUT2D eigenvalue weighted by Gasteiger charge is -2.10. The Hall–Kier alpha value is -2.04. The fourth-order valence-corrected chi connectivity index (χ4v) is 1.65. The van der Waals surface area contributed by atoms with Crippen molar-refractivity contribution in [1.29, 1.82) is 0 Å². The molecule has 0 amide bonds. The van der Waals surface area contributed by atoms with E-state index < -0.39 is 0 Å². The zero-order valence-corrected chi connectivity index (χ0v) is 10.5. The lowest BCUT2D eigenvalue weighted by molar-refractivity contribution is 0.0926. The minimum Gasteiger partial charge on any atom is -0.361 e. The van der Waals surface area contributed by atoms with Crippen LogP contribution in [0.3, 0.4) is 0 Å². The first-order chi connectivity index (χ1) is 8.86. The van der Waals surface area contributed by atoms with E-state index in [4.69, 9.17) is 4.74 Å². The molecule has 0 bridgehead atoms. The van der Waals surface area contributed by atoms with E-state index in [2.05, 4.69) is 24.0 Å². The monoisotopic (exact) mass is 236 g/mol. The molecule has 2 rings (SSSR count). The zero-order valence-electron chi connectivity index (χ0n) is 10.5. The molecule has 0 fully saturated rings. The van der Waals surface area contributed by atoms with Crippen molar-refractivity contribution in [2.45, 2.75) is 13.0 Å². The van der Waals surface area contributed by atoms with Gasteiger partial charge in [0.15, 0.2) is 0 Å². The standard InChI is InChI=1S/C17H16O/c1-15(17-12-6-3-7-13-17)18-14-8-11-16-9-4-2-5-10-16/h2-7,9-10,12-13,15H,14H2,1H3. The third kappa shape index (κ3) is 3.76. The molecule has 0 aliphatic heterocycles. The maximum absolute atomic E-state index is 5.68. The molecule has 1 atom stereocenters. The highest BCUT2D eigenvalue weighted by Gasteiger charge is 2.02. The van der Waals surface area contributed by atoms with Gasteiger partial charge in [0.05, 0.1) is 6.10 Å². The molecular formula is C17H16O. The Morgan fingerprint density at radius 2 is 1.56 bits per heavy atom. The van der Waals surface area contributed by atoms with E-state index in [-0.39, 0.29) is 6.10 Å². The quantitative estimate of drug-likeness (QED) is 0.736. The van der Waals surface area contributed by atoms with Gasteiger partial charge in [-0.15, -0.1) is 0 Å². The van der Waals surface area contributed by atoms with Crippen molar-refractivity contribution in [2.75, 3.05) is 6.61 Å². The van der Waals surface area contributed by atoms with Crippen molar-refractivity contribution in [3.63, 3.8) is 0 Å². The van der Waals surface area contributed by atoms with Crippen LogP contribution in [0.1, 0.15) is 24.2 Å². The van der Waals surface area contributed by atoms with Gasteiger partial charge in [-0.2, -0.15) is 0 Å². The van der Waals surface area contributed by atoms with Crippen LogP contribution in [0.2, 0.25) is 0 Å². The van der Waals surface area contributed by atoms with Crippen molar-refractivity contribution < 1.29 is 4.74 Å². The second kappa shape index (κ2) is 6.64. The van der Waals surface area contributed by atoms with Gasteiger partial charge >= 0.3 is 0 Å². The molecule has 18 heavy (non-hydrogen) atoms. The van der Waals surface area contributed by atoms with Crippen LogP contribution in [-0.2, 0) is 4.74 Å². The molecule has 0 saturated carbocycles. The molecule has 1 unspecified atom stereocenters. The first-order valence-electron chi connectivity index (χ1n) is 6.07. The molecule has 0 saturated heterocycles. The summed E-state index contributed by atoms with van der Waals surface area (Å²) in [7, 11) is 0. The Bertz CT molecular complexity index is 520. The second-order valence-corrected chi connectivity index (χ2v) is 4.03. The number of rotatable bonds is 3. The average Bonchev–Trinajstić information content (AvgIpc) is 2.45. The Morgan fingerprint density at radius 1 is 0.944 bits per heavy atom. The summed E-state index contributed by atoms with van der Waals surface area (Å²) in [5, 5.41) is 0. The van der Waals surface area contributed by atoms with E-state index in [1.54, 1.807) is 0 Å². The molecule has 2 aromatic carbocycles. The molecule has 1 heteroatoms. The van der Waals surface area contributed by atoms with Crippen LogP contribution in [0.15, 0.2) is 60.7 Å². The van der Waals surface area contributed by atoms with Crippen molar-refractivity contribution >= 4 is 0 Å². The second-order valence-electron chi connectivity index (χ2n) is 4.03. The van der Waals surface area contributed by atoms with Gasteiger partial charge in [0, 0.05) is 5.56 Å². The highest BCUT2D eigenvalue weighted by molar-refractivity contribution is 5.33. The van der Waals surface area contributed by atoms with Gasteiger partial charge in [-0.25, -0.2) is 0 Å². The molecule has 0 aromatic heterocycles. The van der Waals surface area contributed by atoms with E-state index in [1.807, 2.05) is 55.5 Å². The molecular weight excluding hydrogens is 220 g/mol. The molecule has 0 heterocycles. The van der Waals surface area contributed by atoms with Gasteiger partial charge < -0.3 is 4.74 Å². The normalized spacial score (nSPS) is 11.4. The molecule has 0 aliphatic rings. The van der Waals surface area contributed by atoms with Crippen molar-refractivity contribution in [1.82, 2.24) is 0 Å². The van der Waals surface area contributed by atoms with Gasteiger partial charge in [-0.1, -0.05) is 60.4 Å². The fourth-order valence-electron chi connectivity index (χ4n) is 1.65. The minimum absolute atomic E-state index is 0.0799. The van der Waals surface area contributed by atoms with Crippen LogP contribution < -0.4 is 0 Å². The average molecular weight is 236 g/mol. The summed E-state index contributed by atoms with van der Waals surface area (Å²) in [5.41, 5.74) is 2.20. The summed E-state index contributed by atoms with van der Waals surface area (Å²) in [6.45, 7) is 2.49. The molecule has 90 valence electrons. The Kier molecular flexibility index (Phi) is 4.58. The van der Waals surface area contributed by atoms with Crippen LogP contribution >= 0.6 is 0 Å². The lowest BCUT2D eigenvalue weighted by atomic mass is 10.1. The maximum Gasteiger partial charge on any atom is 0.108 e. The van der Waals surface area contributed by atoms with E-state index >= 15 is 0 Å². The summed E-state index contributed by atoms with van der Waals surface area (Å²) < 4.78 is 5.68. The predicted octanol–water partition coefficient (Wildman–Crippen LogP) is 3.82. The summed E-state index contributed by atoms with van der Waals surface area (Å²) >= 11 is 0. The number of benzene rings is 2. The third-order valence-corrected chi connectivity index (χ3v) is 2.68. The molecule has 0 N–H and O–H groups in total. The van der Waals surface area contributed by atoms with Crippen LogP contribution in [0.5, 0.6) is 0 Å². The van der Waals surface area contributed by atoms with Gasteiger partial charge in [0.2, 0.25) is 0 Å². The van der Waals surface area contributed by atoms with Crippen molar-refractivity contribution in [3.8, 4) is 11.8 Å². The third-order valence-electron chi connectivity index (χ3n) is 2.68. The van der Waals surface area contributed by atoms with Gasteiger partial charge in [-0.3, -0.25) is 0 Å². The van der Waals surface area contributed by atoms with Crippen LogP contribution in [0.25, 0.3) is 0 Å². The highest BCUT2D eigenvalue weighted by atomic mass is 16.5. The van der Waals surface area contributed by atoms with Crippen molar-refractivity contribution in [3.05, 3.63) is 71.8 Å². The Labute approximate surface area is 108 Å². The highest BCUT2D eigenvalue weighted by Crippen LogP contribution is 2.15. The smallest absolute Gasteiger partial charge is 0.108 e. The van der Waals surface area contributed by atoms with E-state index in [0.29, 0.717) is 6.61 Å². The Morgan fingerprint density at radius 3 is 2.22 bits per heavy atom. The fraction of sp³-hybridized carbons (Fsp3) is 0.176. The van der Waals surface area contributed by atoms with Crippen LogP contribution in [0, 0.1) is 11.8 Å². The van der Waals surface area contributed by atoms with E-state index in [9.17, 15) is 0 Å². The number of ether oxygens (including phenoxy) is 1. The summed E-state index contributed by atoms with van der Waals surface area (Å²) in [5.74, 6) is 6.11.